The van der Waals surface area contributed by atoms with Gasteiger partial charge in [-0.15, -0.1) is 0 Å². The molecule has 0 saturated carbocycles. The molecule has 52 heavy (non-hydrogen) atoms. The average molecular weight is 717 g/mol. The summed E-state index contributed by atoms with van der Waals surface area (Å²) in [4.78, 5) is 73.1. The summed E-state index contributed by atoms with van der Waals surface area (Å²) in [6.45, 7) is 4.94. The smallest absolute Gasteiger partial charge is 0.251 e. The monoisotopic (exact) mass is 716 g/mol. The average Bonchev–Trinajstić information content (AvgIpc) is 3.10. The standard InChI is InChI=1S/C38H48N6O8/c1-38(2,22-32(39)45)23-34(47)41-18-20-52-31-14-10-28(11-15-31)36(49)42-24-27-5-4-6-29(21-27)37(50)43-25-35(48)44-30-12-7-26(8-13-30)9-16-33(46)40-17-19-51-3/h4-8,10-15,21H,9,16-20,22-25H2,1-3H3,(H2,39,45)(H,40,46)(H,41,47)(H,42,49)(H,43,50)(H,44,48). The molecule has 0 saturated heterocycles. The lowest BCUT2D eigenvalue weighted by Crippen LogP contribution is -2.33. The first-order chi connectivity index (χ1) is 24.8. The van der Waals surface area contributed by atoms with Gasteiger partial charge in [0.15, 0.2) is 0 Å². The van der Waals surface area contributed by atoms with Crippen LogP contribution in [0.15, 0.2) is 72.8 Å². The van der Waals surface area contributed by atoms with E-state index in [9.17, 15) is 28.8 Å². The molecule has 14 heteroatoms. The molecular formula is C38H48N6O8. The first-order valence-corrected chi connectivity index (χ1v) is 16.9. The van der Waals surface area contributed by atoms with Gasteiger partial charge in [0.1, 0.15) is 12.4 Å². The summed E-state index contributed by atoms with van der Waals surface area (Å²) >= 11 is 0. The van der Waals surface area contributed by atoms with Gasteiger partial charge in [-0.1, -0.05) is 38.1 Å². The van der Waals surface area contributed by atoms with E-state index in [0.717, 1.165) is 5.56 Å². The maximum absolute atomic E-state index is 12.8. The quantitative estimate of drug-likeness (QED) is 0.0901. The number of methoxy groups -OCH3 is 1. The maximum atomic E-state index is 12.8. The SMILES string of the molecule is COCCNC(=O)CCc1ccc(NC(=O)CNC(=O)c2cccc(CNC(=O)c3ccc(OCCNC(=O)CC(C)(C)CC(N)=O)cc3)c2)cc1. The molecule has 3 aromatic carbocycles. The lowest BCUT2D eigenvalue weighted by Gasteiger charge is -2.22. The number of nitrogens with one attached hydrogen (secondary N) is 5. The summed E-state index contributed by atoms with van der Waals surface area (Å²) in [6, 6.07) is 20.4. The van der Waals surface area contributed by atoms with E-state index in [1.165, 1.54) is 0 Å². The number of ether oxygens (including phenoxy) is 2. The van der Waals surface area contributed by atoms with Gasteiger partial charge in [-0.25, -0.2) is 0 Å². The molecule has 0 heterocycles. The number of nitrogens with two attached hydrogens (primary N) is 1. The zero-order chi connectivity index (χ0) is 37.9. The zero-order valence-electron chi connectivity index (χ0n) is 29.8. The number of benzene rings is 3. The van der Waals surface area contributed by atoms with E-state index in [1.807, 2.05) is 12.1 Å². The summed E-state index contributed by atoms with van der Waals surface area (Å²) in [7, 11) is 1.57. The van der Waals surface area contributed by atoms with Gasteiger partial charge in [-0.2, -0.15) is 0 Å². The fourth-order valence-corrected chi connectivity index (χ4v) is 5.06. The molecule has 3 rings (SSSR count). The highest BCUT2D eigenvalue weighted by atomic mass is 16.5. The molecular weight excluding hydrogens is 668 g/mol. The lowest BCUT2D eigenvalue weighted by molar-refractivity contribution is -0.125. The van der Waals surface area contributed by atoms with E-state index in [0.29, 0.717) is 54.1 Å². The molecule has 6 amide bonds. The van der Waals surface area contributed by atoms with Crippen LogP contribution in [0.25, 0.3) is 0 Å². The van der Waals surface area contributed by atoms with Crippen LogP contribution >= 0.6 is 0 Å². The van der Waals surface area contributed by atoms with Crippen LogP contribution in [-0.4, -0.2) is 75.4 Å². The van der Waals surface area contributed by atoms with Crippen molar-refractivity contribution in [3.63, 3.8) is 0 Å². The van der Waals surface area contributed by atoms with Crippen LogP contribution in [0, 0.1) is 5.41 Å². The van der Waals surface area contributed by atoms with Crippen LogP contribution in [0.3, 0.4) is 0 Å². The second-order valence-electron chi connectivity index (χ2n) is 12.9. The first kappa shape index (κ1) is 40.7. The van der Waals surface area contributed by atoms with Gasteiger partial charge in [-0.3, -0.25) is 28.8 Å². The van der Waals surface area contributed by atoms with Crippen molar-refractivity contribution in [2.75, 3.05) is 45.3 Å². The van der Waals surface area contributed by atoms with Gasteiger partial charge in [0.2, 0.25) is 23.6 Å². The number of rotatable bonds is 21. The molecule has 3 aromatic rings. The zero-order valence-corrected chi connectivity index (χ0v) is 29.8. The number of primary amides is 1. The molecule has 278 valence electrons. The number of anilines is 1. The molecule has 0 aliphatic rings. The van der Waals surface area contributed by atoms with Gasteiger partial charge in [0.05, 0.1) is 19.7 Å². The van der Waals surface area contributed by atoms with Crippen molar-refractivity contribution < 1.29 is 38.2 Å². The predicted molar refractivity (Wildman–Crippen MR) is 195 cm³/mol. The summed E-state index contributed by atoms with van der Waals surface area (Å²) in [5, 5.41) is 13.7. The van der Waals surface area contributed by atoms with E-state index < -0.39 is 23.1 Å². The highest BCUT2D eigenvalue weighted by Gasteiger charge is 2.24. The Kier molecular flexibility index (Phi) is 16.3. The van der Waals surface area contributed by atoms with Gasteiger partial charge in [0.25, 0.3) is 11.8 Å². The Morgan fingerprint density at radius 2 is 1.37 bits per heavy atom. The molecule has 0 aromatic heterocycles. The van der Waals surface area contributed by atoms with Crippen molar-refractivity contribution in [2.45, 2.75) is 46.1 Å². The summed E-state index contributed by atoms with van der Waals surface area (Å²) < 4.78 is 10.6. The van der Waals surface area contributed by atoms with Gasteiger partial charge in [0, 0.05) is 56.3 Å². The molecule has 7 N–H and O–H groups in total. The molecule has 0 bridgehead atoms. The maximum Gasteiger partial charge on any atom is 0.251 e. The summed E-state index contributed by atoms with van der Waals surface area (Å²) in [5.41, 5.74) is 7.65. The number of carbonyl (C=O) groups excluding carboxylic acids is 6. The van der Waals surface area contributed by atoms with Crippen molar-refractivity contribution in [3.8, 4) is 5.75 Å². The van der Waals surface area contributed by atoms with Gasteiger partial charge < -0.3 is 41.8 Å². The highest BCUT2D eigenvalue weighted by Crippen LogP contribution is 2.24. The van der Waals surface area contributed by atoms with Gasteiger partial charge >= 0.3 is 0 Å². The van der Waals surface area contributed by atoms with E-state index in [-0.39, 0.29) is 56.8 Å². The Hall–Kier alpha value is -5.76. The Bertz CT molecular complexity index is 1680. The van der Waals surface area contributed by atoms with Crippen molar-refractivity contribution in [2.24, 2.45) is 11.1 Å². The molecule has 14 nitrogen and oxygen atoms in total. The molecule has 0 spiro atoms. The van der Waals surface area contributed by atoms with Crippen LogP contribution in [-0.2, 0) is 36.9 Å². The van der Waals surface area contributed by atoms with Crippen molar-refractivity contribution >= 4 is 41.1 Å². The second kappa shape index (κ2) is 20.8. The summed E-state index contributed by atoms with van der Waals surface area (Å²) in [6.07, 6.45) is 1.17. The first-order valence-electron chi connectivity index (χ1n) is 16.9. The highest BCUT2D eigenvalue weighted by molar-refractivity contribution is 5.99. The third-order valence-corrected chi connectivity index (χ3v) is 7.66. The van der Waals surface area contributed by atoms with E-state index in [1.54, 1.807) is 81.6 Å². The minimum atomic E-state index is -0.533. The van der Waals surface area contributed by atoms with Crippen LogP contribution in [0.1, 0.15) is 65.0 Å². The van der Waals surface area contributed by atoms with Crippen LogP contribution in [0.2, 0.25) is 0 Å². The van der Waals surface area contributed by atoms with Crippen LogP contribution in [0.5, 0.6) is 5.75 Å². The third kappa shape index (κ3) is 15.4. The minimum absolute atomic E-state index is 0.0614. The fourth-order valence-electron chi connectivity index (χ4n) is 5.06. The van der Waals surface area contributed by atoms with Crippen molar-refractivity contribution in [1.82, 2.24) is 21.3 Å². The molecule has 0 aliphatic carbocycles. The minimum Gasteiger partial charge on any atom is -0.492 e. The molecule has 0 unspecified atom stereocenters. The Balaban J connectivity index is 1.36. The Morgan fingerprint density at radius 1 is 0.692 bits per heavy atom. The number of carbonyl (C=O) groups is 6. The van der Waals surface area contributed by atoms with E-state index in [2.05, 4.69) is 26.6 Å². The van der Waals surface area contributed by atoms with E-state index in [4.69, 9.17) is 15.2 Å². The topological polar surface area (TPSA) is 207 Å². The van der Waals surface area contributed by atoms with Crippen LogP contribution in [0.4, 0.5) is 5.69 Å². The van der Waals surface area contributed by atoms with Crippen molar-refractivity contribution in [1.29, 1.82) is 0 Å². The molecule has 0 fully saturated rings. The molecule has 0 aliphatic heterocycles. The largest absolute Gasteiger partial charge is 0.492 e. The molecule has 0 atom stereocenters. The fraction of sp³-hybridized carbons (Fsp3) is 0.368. The predicted octanol–water partition coefficient (Wildman–Crippen LogP) is 2.47. The second-order valence-corrected chi connectivity index (χ2v) is 12.9. The third-order valence-electron chi connectivity index (χ3n) is 7.66. The summed E-state index contributed by atoms with van der Waals surface area (Å²) in [5.74, 6) is -1.35. The number of amides is 6. The van der Waals surface area contributed by atoms with Crippen molar-refractivity contribution in [3.05, 3.63) is 95.1 Å². The van der Waals surface area contributed by atoms with E-state index >= 15 is 0 Å². The molecule has 0 radical (unpaired) electrons. The Labute approximate surface area is 303 Å². The number of aryl methyl sites for hydroxylation is 1. The lowest BCUT2D eigenvalue weighted by atomic mass is 9.85. The van der Waals surface area contributed by atoms with Gasteiger partial charge in [-0.05, 0) is 71.5 Å². The normalized spacial score (nSPS) is 10.8. The van der Waals surface area contributed by atoms with Crippen LogP contribution < -0.4 is 37.1 Å². The number of hydrogen-bond acceptors (Lipinski definition) is 8. The number of hydrogen-bond donors (Lipinski definition) is 6. The Morgan fingerprint density at radius 3 is 2.06 bits per heavy atom.